The molecule has 1 aromatic rings. The van der Waals surface area contributed by atoms with Crippen molar-refractivity contribution in [1.29, 1.82) is 0 Å². The van der Waals surface area contributed by atoms with Crippen LogP contribution >= 0.6 is 0 Å². The number of aliphatic hydroxyl groups is 1. The Labute approximate surface area is 95.7 Å². The zero-order chi connectivity index (χ0) is 12.1. The number of aliphatic hydroxyl groups excluding tert-OH is 1. The molecule has 1 aromatic heterocycles. The van der Waals surface area contributed by atoms with E-state index >= 15 is 0 Å². The number of aromatic nitrogens is 2. The minimum atomic E-state index is -0.0944. The van der Waals surface area contributed by atoms with Crippen molar-refractivity contribution >= 4 is 5.91 Å². The molecule has 90 valence electrons. The first-order chi connectivity index (χ1) is 7.63. The van der Waals surface area contributed by atoms with Gasteiger partial charge in [0.25, 0.3) is 5.91 Å². The highest BCUT2D eigenvalue weighted by molar-refractivity contribution is 5.92. The third-order valence-corrected chi connectivity index (χ3v) is 2.49. The highest BCUT2D eigenvalue weighted by Gasteiger charge is 2.17. The van der Waals surface area contributed by atoms with Gasteiger partial charge in [0, 0.05) is 20.1 Å². The highest BCUT2D eigenvalue weighted by atomic mass is 16.3. The van der Waals surface area contributed by atoms with Gasteiger partial charge in [-0.15, -0.1) is 0 Å². The molecule has 5 nitrogen and oxygen atoms in total. The Bertz CT molecular complexity index is 360. The molecule has 0 aliphatic heterocycles. The molecule has 1 N–H and O–H groups in total. The standard InChI is InChI=1S/C11H19N3O2/c1-4-9-8-10(14(5-2)12-9)11(16)13(3)6-7-15/h8,15H,4-7H2,1-3H3. The summed E-state index contributed by atoms with van der Waals surface area (Å²) in [4.78, 5) is 13.5. The zero-order valence-corrected chi connectivity index (χ0v) is 10.1. The first-order valence-corrected chi connectivity index (χ1v) is 5.57. The van der Waals surface area contributed by atoms with Crippen LogP contribution in [0.2, 0.25) is 0 Å². The first-order valence-electron chi connectivity index (χ1n) is 5.57. The number of carbonyl (C=O) groups excluding carboxylic acids is 1. The average Bonchev–Trinajstić information content (AvgIpc) is 2.71. The van der Waals surface area contributed by atoms with Gasteiger partial charge >= 0.3 is 0 Å². The fraction of sp³-hybridized carbons (Fsp3) is 0.636. The lowest BCUT2D eigenvalue weighted by Crippen LogP contribution is -2.31. The van der Waals surface area contributed by atoms with E-state index in [0.717, 1.165) is 12.1 Å². The number of hydrogen-bond acceptors (Lipinski definition) is 3. The van der Waals surface area contributed by atoms with Crippen LogP contribution in [0.25, 0.3) is 0 Å². The summed E-state index contributed by atoms with van der Waals surface area (Å²) in [6.45, 7) is 4.95. The van der Waals surface area contributed by atoms with Crippen molar-refractivity contribution in [2.75, 3.05) is 20.2 Å². The molecule has 0 aromatic carbocycles. The van der Waals surface area contributed by atoms with Gasteiger partial charge in [-0.25, -0.2) is 0 Å². The molecule has 1 amide bonds. The highest BCUT2D eigenvalue weighted by Crippen LogP contribution is 2.08. The van der Waals surface area contributed by atoms with E-state index in [-0.39, 0.29) is 12.5 Å². The smallest absolute Gasteiger partial charge is 0.271 e. The summed E-state index contributed by atoms with van der Waals surface area (Å²) in [5.74, 6) is -0.0944. The van der Waals surface area contributed by atoms with Crippen molar-refractivity contribution in [2.45, 2.75) is 26.8 Å². The van der Waals surface area contributed by atoms with Gasteiger partial charge in [0.05, 0.1) is 12.3 Å². The Morgan fingerprint density at radius 3 is 2.75 bits per heavy atom. The Hall–Kier alpha value is -1.36. The largest absolute Gasteiger partial charge is 0.395 e. The molecule has 0 unspecified atom stereocenters. The Morgan fingerprint density at radius 1 is 1.56 bits per heavy atom. The summed E-state index contributed by atoms with van der Waals surface area (Å²) >= 11 is 0. The summed E-state index contributed by atoms with van der Waals surface area (Å²) in [6, 6.07) is 1.82. The zero-order valence-electron chi connectivity index (χ0n) is 10.1. The SMILES string of the molecule is CCc1cc(C(=O)N(C)CCO)n(CC)n1. The second-order valence-electron chi connectivity index (χ2n) is 3.64. The van der Waals surface area contributed by atoms with Crippen molar-refractivity contribution < 1.29 is 9.90 Å². The van der Waals surface area contributed by atoms with Gasteiger partial charge in [-0.05, 0) is 19.4 Å². The monoisotopic (exact) mass is 225 g/mol. The summed E-state index contributed by atoms with van der Waals surface area (Å²) < 4.78 is 1.70. The third-order valence-electron chi connectivity index (χ3n) is 2.49. The van der Waals surface area contributed by atoms with E-state index in [1.165, 1.54) is 4.90 Å². The van der Waals surface area contributed by atoms with E-state index in [9.17, 15) is 4.79 Å². The molecule has 1 rings (SSSR count). The van der Waals surface area contributed by atoms with Gasteiger partial charge in [-0.3, -0.25) is 9.48 Å². The quantitative estimate of drug-likeness (QED) is 0.795. The van der Waals surface area contributed by atoms with Crippen molar-refractivity contribution in [3.05, 3.63) is 17.5 Å². The van der Waals surface area contributed by atoms with Gasteiger partial charge in [0.1, 0.15) is 5.69 Å². The number of amides is 1. The predicted molar refractivity (Wildman–Crippen MR) is 61.3 cm³/mol. The van der Waals surface area contributed by atoms with Crippen LogP contribution in [0, 0.1) is 0 Å². The second-order valence-corrected chi connectivity index (χ2v) is 3.64. The van der Waals surface area contributed by atoms with Gasteiger partial charge in [0.2, 0.25) is 0 Å². The molecular weight excluding hydrogens is 206 g/mol. The number of likely N-dealkylation sites (N-methyl/N-ethyl adjacent to an activating group) is 1. The summed E-state index contributed by atoms with van der Waals surface area (Å²) in [5.41, 5.74) is 1.51. The van der Waals surface area contributed by atoms with E-state index in [1.54, 1.807) is 11.7 Å². The van der Waals surface area contributed by atoms with Gasteiger partial charge < -0.3 is 10.0 Å². The van der Waals surface area contributed by atoms with Gasteiger partial charge in [0.15, 0.2) is 0 Å². The van der Waals surface area contributed by atoms with E-state index in [4.69, 9.17) is 5.11 Å². The normalized spacial score (nSPS) is 10.5. The minimum absolute atomic E-state index is 0.0247. The molecule has 0 atom stereocenters. The summed E-state index contributed by atoms with van der Waals surface area (Å²) in [5, 5.41) is 13.1. The predicted octanol–water partition coefficient (Wildman–Crippen LogP) is 0.530. The maximum Gasteiger partial charge on any atom is 0.271 e. The van der Waals surface area contributed by atoms with Crippen LogP contribution in [0.1, 0.15) is 30.0 Å². The maximum atomic E-state index is 12.0. The number of rotatable bonds is 5. The summed E-state index contributed by atoms with van der Waals surface area (Å²) in [6.07, 6.45) is 0.816. The van der Waals surface area contributed by atoms with Crippen LogP contribution in [0.15, 0.2) is 6.07 Å². The first kappa shape index (κ1) is 12.7. The van der Waals surface area contributed by atoms with Crippen LogP contribution in [0.5, 0.6) is 0 Å². The van der Waals surface area contributed by atoms with Crippen molar-refractivity contribution in [3.63, 3.8) is 0 Å². The van der Waals surface area contributed by atoms with Gasteiger partial charge in [-0.2, -0.15) is 5.10 Å². The molecule has 0 saturated heterocycles. The molecule has 5 heteroatoms. The molecule has 0 radical (unpaired) electrons. The Balaban J connectivity index is 2.93. The minimum Gasteiger partial charge on any atom is -0.395 e. The molecule has 0 aliphatic carbocycles. The van der Waals surface area contributed by atoms with E-state index in [1.807, 2.05) is 19.9 Å². The molecule has 0 bridgehead atoms. The number of hydrogen-bond donors (Lipinski definition) is 1. The Kier molecular flexibility index (Phi) is 4.49. The third kappa shape index (κ3) is 2.61. The molecule has 1 heterocycles. The molecule has 0 fully saturated rings. The van der Waals surface area contributed by atoms with Crippen LogP contribution < -0.4 is 0 Å². The fourth-order valence-electron chi connectivity index (χ4n) is 1.50. The second kappa shape index (κ2) is 5.65. The van der Waals surface area contributed by atoms with Crippen molar-refractivity contribution in [1.82, 2.24) is 14.7 Å². The lowest BCUT2D eigenvalue weighted by atomic mass is 10.3. The fourth-order valence-corrected chi connectivity index (χ4v) is 1.50. The van der Waals surface area contributed by atoms with Crippen LogP contribution in [0.3, 0.4) is 0 Å². The van der Waals surface area contributed by atoms with Crippen LogP contribution in [0.4, 0.5) is 0 Å². The molecule has 0 aliphatic rings. The van der Waals surface area contributed by atoms with Crippen LogP contribution in [-0.4, -0.2) is 45.9 Å². The molecule has 0 saturated carbocycles. The van der Waals surface area contributed by atoms with E-state index in [0.29, 0.717) is 18.8 Å². The number of carbonyl (C=O) groups is 1. The molecular formula is C11H19N3O2. The average molecular weight is 225 g/mol. The lowest BCUT2D eigenvalue weighted by Gasteiger charge is -2.15. The van der Waals surface area contributed by atoms with Crippen LogP contribution in [-0.2, 0) is 13.0 Å². The number of aryl methyl sites for hydroxylation is 2. The molecule has 16 heavy (non-hydrogen) atoms. The van der Waals surface area contributed by atoms with E-state index < -0.39 is 0 Å². The van der Waals surface area contributed by atoms with Crippen molar-refractivity contribution in [3.8, 4) is 0 Å². The maximum absolute atomic E-state index is 12.0. The lowest BCUT2D eigenvalue weighted by molar-refractivity contribution is 0.0755. The number of nitrogens with zero attached hydrogens (tertiary/aromatic N) is 3. The Morgan fingerprint density at radius 2 is 2.25 bits per heavy atom. The summed E-state index contributed by atoms with van der Waals surface area (Å²) in [7, 11) is 1.68. The molecule has 0 spiro atoms. The van der Waals surface area contributed by atoms with E-state index in [2.05, 4.69) is 5.10 Å². The topological polar surface area (TPSA) is 58.4 Å². The van der Waals surface area contributed by atoms with Crippen molar-refractivity contribution in [2.24, 2.45) is 0 Å². The van der Waals surface area contributed by atoms with Gasteiger partial charge in [-0.1, -0.05) is 6.92 Å².